The highest BCUT2D eigenvalue weighted by atomic mass is 32.2. The van der Waals surface area contributed by atoms with Gasteiger partial charge in [0.1, 0.15) is 16.7 Å². The van der Waals surface area contributed by atoms with Gasteiger partial charge in [-0.05, 0) is 41.5 Å². The fourth-order valence-corrected chi connectivity index (χ4v) is 3.61. The maximum absolute atomic E-state index is 12.5. The minimum Gasteiger partial charge on any atom is -0.497 e. The Morgan fingerprint density at radius 1 is 1.20 bits per heavy atom. The van der Waals surface area contributed by atoms with Gasteiger partial charge >= 0.3 is 0 Å². The van der Waals surface area contributed by atoms with Crippen LogP contribution >= 0.6 is 0 Å². The Morgan fingerprint density at radius 2 is 1.92 bits per heavy atom. The van der Waals surface area contributed by atoms with Gasteiger partial charge in [-0.2, -0.15) is 5.26 Å². The first-order valence-electron chi connectivity index (χ1n) is 7.39. The normalized spacial score (nSPS) is 13.4. The molecule has 0 fully saturated rings. The van der Waals surface area contributed by atoms with Crippen LogP contribution in [0.1, 0.15) is 11.1 Å². The van der Waals surface area contributed by atoms with Crippen molar-refractivity contribution in [3.05, 3.63) is 58.5 Å². The molecule has 0 saturated heterocycles. The smallest absolute Gasteiger partial charge is 0.231 e. The molecule has 0 N–H and O–H groups in total. The highest BCUT2D eigenvalue weighted by molar-refractivity contribution is 7.95. The molecular formula is C18H15NO5S. The number of sulfone groups is 1. The summed E-state index contributed by atoms with van der Waals surface area (Å²) in [6, 6.07) is 13.4. The van der Waals surface area contributed by atoms with Gasteiger partial charge in [0.2, 0.25) is 6.79 Å². The van der Waals surface area contributed by atoms with Crippen LogP contribution < -0.4 is 14.2 Å². The molecule has 1 aliphatic heterocycles. The summed E-state index contributed by atoms with van der Waals surface area (Å²) in [5.74, 6) is 1.49. The minimum atomic E-state index is -3.77. The van der Waals surface area contributed by atoms with Crippen LogP contribution in [0.25, 0.3) is 6.08 Å². The van der Waals surface area contributed by atoms with E-state index >= 15 is 0 Å². The van der Waals surface area contributed by atoms with Gasteiger partial charge in [-0.1, -0.05) is 18.2 Å². The zero-order valence-corrected chi connectivity index (χ0v) is 14.2. The van der Waals surface area contributed by atoms with E-state index < -0.39 is 9.84 Å². The number of hydrogen-bond acceptors (Lipinski definition) is 6. The lowest BCUT2D eigenvalue weighted by atomic mass is 10.2. The van der Waals surface area contributed by atoms with E-state index in [0.717, 1.165) is 0 Å². The van der Waals surface area contributed by atoms with Crippen molar-refractivity contribution in [2.24, 2.45) is 0 Å². The third kappa shape index (κ3) is 3.75. The third-order valence-corrected chi connectivity index (χ3v) is 5.25. The number of rotatable bonds is 5. The second-order valence-electron chi connectivity index (χ2n) is 5.34. The van der Waals surface area contributed by atoms with E-state index in [1.807, 2.05) is 0 Å². The SMILES string of the molecule is COc1ccc(CS(=O)(=O)C(C#N)=Cc2ccc3c(c2)OCO3)cc1. The Balaban J connectivity index is 1.86. The lowest BCUT2D eigenvalue weighted by Crippen LogP contribution is -2.06. The number of hydrogen-bond donors (Lipinski definition) is 0. The Kier molecular flexibility index (Phi) is 4.63. The van der Waals surface area contributed by atoms with Crippen LogP contribution in [0, 0.1) is 11.3 Å². The van der Waals surface area contributed by atoms with Crippen molar-refractivity contribution in [2.75, 3.05) is 13.9 Å². The van der Waals surface area contributed by atoms with Crippen molar-refractivity contribution in [2.45, 2.75) is 5.75 Å². The summed E-state index contributed by atoms with van der Waals surface area (Å²) in [5, 5.41) is 9.30. The first-order valence-corrected chi connectivity index (χ1v) is 9.04. The summed E-state index contributed by atoms with van der Waals surface area (Å²) >= 11 is 0. The summed E-state index contributed by atoms with van der Waals surface area (Å²) in [6.07, 6.45) is 1.33. The van der Waals surface area contributed by atoms with E-state index in [9.17, 15) is 13.7 Å². The molecule has 3 rings (SSSR count). The second kappa shape index (κ2) is 6.87. The Hall–Kier alpha value is -2.98. The van der Waals surface area contributed by atoms with Gasteiger partial charge in [0, 0.05) is 0 Å². The molecule has 7 heteroatoms. The molecule has 2 aromatic carbocycles. The number of methoxy groups -OCH3 is 1. The van der Waals surface area contributed by atoms with Crippen molar-refractivity contribution in [1.82, 2.24) is 0 Å². The topological polar surface area (TPSA) is 85.6 Å². The molecule has 0 unspecified atom stereocenters. The molecule has 0 radical (unpaired) electrons. The zero-order chi connectivity index (χ0) is 17.9. The number of nitriles is 1. The molecule has 0 amide bonds. The van der Waals surface area contributed by atoms with Gasteiger partial charge in [-0.25, -0.2) is 8.42 Å². The molecular weight excluding hydrogens is 342 g/mol. The van der Waals surface area contributed by atoms with E-state index in [1.54, 1.807) is 48.5 Å². The summed E-state index contributed by atoms with van der Waals surface area (Å²) in [7, 11) is -2.23. The lowest BCUT2D eigenvalue weighted by Gasteiger charge is -2.05. The molecule has 6 nitrogen and oxygen atoms in total. The lowest BCUT2D eigenvalue weighted by molar-refractivity contribution is 0.174. The summed E-state index contributed by atoms with van der Waals surface area (Å²) in [5.41, 5.74) is 1.13. The van der Waals surface area contributed by atoms with Crippen LogP contribution in [0.15, 0.2) is 47.4 Å². The Morgan fingerprint density at radius 3 is 2.60 bits per heavy atom. The molecule has 0 bridgehead atoms. The molecule has 128 valence electrons. The fraction of sp³-hybridized carbons (Fsp3) is 0.167. The van der Waals surface area contributed by atoms with Crippen molar-refractivity contribution in [1.29, 1.82) is 5.26 Å². The van der Waals surface area contributed by atoms with Gasteiger partial charge in [0.05, 0.1) is 12.9 Å². The van der Waals surface area contributed by atoms with E-state index in [0.29, 0.717) is 28.4 Å². The summed E-state index contributed by atoms with van der Waals surface area (Å²) in [6.45, 7) is 0.128. The third-order valence-electron chi connectivity index (χ3n) is 3.66. The average molecular weight is 357 g/mol. The van der Waals surface area contributed by atoms with Crippen molar-refractivity contribution < 1.29 is 22.6 Å². The molecule has 0 saturated carbocycles. The predicted molar refractivity (Wildman–Crippen MR) is 91.8 cm³/mol. The van der Waals surface area contributed by atoms with Gasteiger partial charge in [-0.15, -0.1) is 0 Å². The summed E-state index contributed by atoms with van der Waals surface area (Å²) in [4.78, 5) is -0.304. The molecule has 0 spiro atoms. The largest absolute Gasteiger partial charge is 0.497 e. The minimum absolute atomic E-state index is 0.128. The van der Waals surface area contributed by atoms with Crippen molar-refractivity contribution in [3.63, 3.8) is 0 Å². The summed E-state index contributed by atoms with van der Waals surface area (Å²) < 4.78 is 40.6. The average Bonchev–Trinajstić information content (AvgIpc) is 3.07. The van der Waals surface area contributed by atoms with Crippen LogP contribution in [-0.2, 0) is 15.6 Å². The van der Waals surface area contributed by atoms with Gasteiger partial charge < -0.3 is 14.2 Å². The molecule has 0 aliphatic carbocycles. The second-order valence-corrected chi connectivity index (χ2v) is 7.30. The van der Waals surface area contributed by atoms with Crippen molar-refractivity contribution in [3.8, 4) is 23.3 Å². The van der Waals surface area contributed by atoms with Crippen LogP contribution in [0.5, 0.6) is 17.2 Å². The van der Waals surface area contributed by atoms with E-state index in [4.69, 9.17) is 14.2 Å². The van der Waals surface area contributed by atoms with E-state index in [2.05, 4.69) is 0 Å². The van der Waals surface area contributed by atoms with Crippen LogP contribution in [0.3, 0.4) is 0 Å². The number of benzene rings is 2. The monoisotopic (exact) mass is 357 g/mol. The molecule has 25 heavy (non-hydrogen) atoms. The maximum Gasteiger partial charge on any atom is 0.231 e. The molecule has 0 atom stereocenters. The molecule has 1 aliphatic rings. The van der Waals surface area contributed by atoms with Crippen LogP contribution in [0.2, 0.25) is 0 Å². The number of nitrogens with zero attached hydrogens (tertiary/aromatic N) is 1. The highest BCUT2D eigenvalue weighted by Gasteiger charge is 2.20. The molecule has 2 aromatic rings. The van der Waals surface area contributed by atoms with E-state index in [1.165, 1.54) is 13.2 Å². The van der Waals surface area contributed by atoms with Crippen molar-refractivity contribution >= 4 is 15.9 Å². The van der Waals surface area contributed by atoms with Crippen LogP contribution in [-0.4, -0.2) is 22.3 Å². The Bertz CT molecular complexity index is 956. The van der Waals surface area contributed by atoms with Crippen LogP contribution in [0.4, 0.5) is 0 Å². The molecule has 0 aromatic heterocycles. The number of allylic oxidation sites excluding steroid dienone is 1. The maximum atomic E-state index is 12.5. The quantitative estimate of drug-likeness (QED) is 0.765. The predicted octanol–water partition coefficient (Wildman–Crippen LogP) is 2.90. The number of ether oxygens (including phenoxy) is 3. The molecule has 1 heterocycles. The first-order chi connectivity index (χ1) is 12.0. The highest BCUT2D eigenvalue weighted by Crippen LogP contribution is 2.33. The van der Waals surface area contributed by atoms with Gasteiger partial charge in [-0.3, -0.25) is 0 Å². The zero-order valence-electron chi connectivity index (χ0n) is 13.4. The first kappa shape index (κ1) is 16.9. The fourth-order valence-electron chi connectivity index (χ4n) is 2.36. The van der Waals surface area contributed by atoms with Gasteiger partial charge in [0.15, 0.2) is 21.3 Å². The Labute approximate surface area is 145 Å². The standard InChI is InChI=1S/C18H15NO5S/c1-22-15-5-2-13(3-6-15)11-25(20,21)16(10-19)8-14-4-7-17-18(9-14)24-12-23-17/h2-9H,11-12H2,1H3. The number of fused-ring (bicyclic) bond motifs is 1. The van der Waals surface area contributed by atoms with Gasteiger partial charge in [0.25, 0.3) is 0 Å². The van der Waals surface area contributed by atoms with E-state index in [-0.39, 0.29) is 17.5 Å².